The molecule has 24 heavy (non-hydrogen) atoms. The highest BCUT2D eigenvalue weighted by Gasteiger charge is 2.14. The number of benzene rings is 2. The maximum Gasteiger partial charge on any atom is 0.157 e. The van der Waals surface area contributed by atoms with Crippen molar-refractivity contribution in [2.45, 2.75) is 0 Å². The molecule has 5 nitrogen and oxygen atoms in total. The van der Waals surface area contributed by atoms with Crippen LogP contribution in [0.2, 0.25) is 0 Å². The number of rotatable bonds is 3. The Balaban J connectivity index is 1.89. The van der Waals surface area contributed by atoms with Crippen molar-refractivity contribution < 1.29 is 0 Å². The van der Waals surface area contributed by atoms with Crippen LogP contribution in [-0.4, -0.2) is 15.2 Å². The molecule has 0 saturated heterocycles. The Hall–Kier alpha value is -3.65. The van der Waals surface area contributed by atoms with Crippen LogP contribution in [0.5, 0.6) is 0 Å². The number of para-hydroxylation sites is 1. The van der Waals surface area contributed by atoms with Gasteiger partial charge in [-0.15, -0.1) is 0 Å². The van der Waals surface area contributed by atoms with Crippen molar-refractivity contribution in [1.29, 1.82) is 5.26 Å². The number of pyridine rings is 1. The first-order valence-corrected chi connectivity index (χ1v) is 7.52. The van der Waals surface area contributed by atoms with Crippen molar-refractivity contribution in [3.63, 3.8) is 0 Å². The molecule has 2 aromatic heterocycles. The van der Waals surface area contributed by atoms with E-state index < -0.39 is 0 Å². The van der Waals surface area contributed by atoms with Crippen LogP contribution in [0.25, 0.3) is 22.2 Å². The fourth-order valence-corrected chi connectivity index (χ4v) is 2.64. The highest BCUT2D eigenvalue weighted by atomic mass is 15.1. The molecule has 0 aliphatic heterocycles. The van der Waals surface area contributed by atoms with Crippen molar-refractivity contribution in [1.82, 2.24) is 15.2 Å². The molecule has 0 amide bonds. The first-order valence-electron chi connectivity index (χ1n) is 7.52. The topological polar surface area (TPSA) is 77.4 Å². The number of hydrogen-bond donors (Lipinski definition) is 2. The second-order valence-corrected chi connectivity index (χ2v) is 5.32. The van der Waals surface area contributed by atoms with E-state index in [4.69, 9.17) is 0 Å². The predicted molar refractivity (Wildman–Crippen MR) is 93.8 cm³/mol. The second kappa shape index (κ2) is 5.86. The van der Waals surface area contributed by atoms with Crippen molar-refractivity contribution in [2.24, 2.45) is 0 Å². The highest BCUT2D eigenvalue weighted by molar-refractivity contribution is 5.99. The van der Waals surface area contributed by atoms with Crippen LogP contribution in [-0.2, 0) is 0 Å². The molecule has 2 N–H and O–H groups in total. The molecule has 0 spiro atoms. The van der Waals surface area contributed by atoms with Gasteiger partial charge in [0, 0.05) is 16.6 Å². The van der Waals surface area contributed by atoms with Crippen molar-refractivity contribution in [2.75, 3.05) is 5.32 Å². The number of anilines is 2. The van der Waals surface area contributed by atoms with E-state index in [2.05, 4.69) is 26.6 Å². The smallest absolute Gasteiger partial charge is 0.157 e. The third kappa shape index (κ3) is 2.46. The van der Waals surface area contributed by atoms with E-state index >= 15 is 0 Å². The van der Waals surface area contributed by atoms with E-state index in [0.29, 0.717) is 11.5 Å². The molecule has 2 aromatic carbocycles. The first-order chi connectivity index (χ1) is 11.8. The van der Waals surface area contributed by atoms with Gasteiger partial charge in [-0.3, -0.25) is 5.10 Å². The zero-order valence-corrected chi connectivity index (χ0v) is 12.7. The van der Waals surface area contributed by atoms with Crippen LogP contribution in [0.1, 0.15) is 5.69 Å². The molecule has 0 atom stereocenters. The Kier molecular flexibility index (Phi) is 3.41. The van der Waals surface area contributed by atoms with Gasteiger partial charge >= 0.3 is 0 Å². The summed E-state index contributed by atoms with van der Waals surface area (Å²) in [6.07, 6.45) is 0. The zero-order chi connectivity index (χ0) is 16.4. The molecule has 5 heteroatoms. The number of fused-ring (bicyclic) bond motifs is 1. The molecule has 4 aromatic rings. The molecule has 0 fully saturated rings. The fraction of sp³-hybridized carbons (Fsp3) is 0. The normalized spacial score (nSPS) is 10.5. The van der Waals surface area contributed by atoms with Crippen LogP contribution in [0.4, 0.5) is 11.5 Å². The van der Waals surface area contributed by atoms with Crippen molar-refractivity contribution in [3.8, 4) is 17.3 Å². The number of hydrogen-bond acceptors (Lipinski definition) is 4. The Morgan fingerprint density at radius 1 is 0.958 bits per heavy atom. The summed E-state index contributed by atoms with van der Waals surface area (Å²) in [6, 6.07) is 23.5. The number of nitrogens with zero attached hydrogens (tertiary/aromatic N) is 3. The third-order valence-corrected chi connectivity index (χ3v) is 3.75. The molecule has 0 aliphatic carbocycles. The van der Waals surface area contributed by atoms with E-state index in [1.807, 2.05) is 60.7 Å². The first kappa shape index (κ1) is 14.0. The summed E-state index contributed by atoms with van der Waals surface area (Å²) in [4.78, 5) is 4.38. The lowest BCUT2D eigenvalue weighted by atomic mass is 10.1. The number of H-pyrrole nitrogens is 1. The number of nitriles is 1. The summed E-state index contributed by atoms with van der Waals surface area (Å²) in [5.74, 6) is 0.588. The summed E-state index contributed by atoms with van der Waals surface area (Å²) >= 11 is 0. The van der Waals surface area contributed by atoms with E-state index in [0.717, 1.165) is 27.8 Å². The van der Waals surface area contributed by atoms with Gasteiger partial charge in [0.05, 0.1) is 0 Å². The minimum atomic E-state index is 0.347. The fourth-order valence-electron chi connectivity index (χ4n) is 2.64. The monoisotopic (exact) mass is 311 g/mol. The summed E-state index contributed by atoms with van der Waals surface area (Å²) < 4.78 is 0. The molecule has 2 heterocycles. The summed E-state index contributed by atoms with van der Waals surface area (Å²) in [5, 5.41) is 20.9. The predicted octanol–water partition coefficient (Wildman–Crippen LogP) is 4.24. The van der Waals surface area contributed by atoms with Gasteiger partial charge < -0.3 is 5.32 Å². The van der Waals surface area contributed by atoms with Crippen LogP contribution < -0.4 is 5.32 Å². The van der Waals surface area contributed by atoms with Gasteiger partial charge in [0.1, 0.15) is 23.0 Å². The van der Waals surface area contributed by atoms with Gasteiger partial charge in [0.25, 0.3) is 0 Å². The quantitative estimate of drug-likeness (QED) is 0.593. The maximum absolute atomic E-state index is 9.32. The van der Waals surface area contributed by atoms with E-state index in [9.17, 15) is 5.26 Å². The number of aromatic amines is 1. The molecular weight excluding hydrogens is 298 g/mol. The lowest BCUT2D eigenvalue weighted by Gasteiger charge is -2.07. The molecule has 0 unspecified atom stereocenters. The lowest BCUT2D eigenvalue weighted by molar-refractivity contribution is 1.12. The van der Waals surface area contributed by atoms with Crippen molar-refractivity contribution in [3.05, 3.63) is 72.4 Å². The summed E-state index contributed by atoms with van der Waals surface area (Å²) in [6.45, 7) is 0. The zero-order valence-electron chi connectivity index (χ0n) is 12.7. The molecule has 4 rings (SSSR count). The largest absolute Gasteiger partial charge is 0.338 e. The Morgan fingerprint density at radius 3 is 2.38 bits per heavy atom. The van der Waals surface area contributed by atoms with Gasteiger partial charge in [-0.25, -0.2) is 4.98 Å². The summed E-state index contributed by atoms with van der Waals surface area (Å²) in [7, 11) is 0. The van der Waals surface area contributed by atoms with Crippen LogP contribution >= 0.6 is 0 Å². The van der Waals surface area contributed by atoms with Gasteiger partial charge in [-0.1, -0.05) is 48.5 Å². The van der Waals surface area contributed by atoms with Crippen LogP contribution in [0, 0.1) is 11.3 Å². The Bertz CT molecular complexity index is 1030. The maximum atomic E-state index is 9.32. The Morgan fingerprint density at radius 2 is 1.67 bits per heavy atom. The number of nitrogens with one attached hydrogen (secondary N) is 2. The number of aromatic nitrogens is 3. The van der Waals surface area contributed by atoms with Crippen LogP contribution in [0.15, 0.2) is 66.7 Å². The Labute approximate surface area is 138 Å². The van der Waals surface area contributed by atoms with Gasteiger partial charge in [0.2, 0.25) is 0 Å². The average Bonchev–Trinajstić information content (AvgIpc) is 3.07. The summed E-state index contributed by atoms with van der Waals surface area (Å²) in [5.41, 5.74) is 3.82. The lowest BCUT2D eigenvalue weighted by Crippen LogP contribution is -1.96. The highest BCUT2D eigenvalue weighted by Crippen LogP contribution is 2.31. The van der Waals surface area contributed by atoms with Gasteiger partial charge in [-0.05, 0) is 18.2 Å². The SMILES string of the molecule is N#Cc1cc2c(-c3ccccc3)n[nH]c2c(Nc2ccccc2)n1. The molecule has 0 saturated carbocycles. The van der Waals surface area contributed by atoms with E-state index in [-0.39, 0.29) is 0 Å². The van der Waals surface area contributed by atoms with Gasteiger partial charge in [0.15, 0.2) is 5.82 Å². The standard InChI is InChI=1S/C19H13N5/c20-12-15-11-16-17(13-7-3-1-4-8-13)23-24-18(16)19(22-15)21-14-9-5-2-6-10-14/h1-11H,(H,21,22)(H,23,24). The molecule has 0 radical (unpaired) electrons. The minimum absolute atomic E-state index is 0.347. The average molecular weight is 311 g/mol. The molecule has 114 valence electrons. The molecule has 0 aliphatic rings. The third-order valence-electron chi connectivity index (χ3n) is 3.75. The van der Waals surface area contributed by atoms with Crippen LogP contribution in [0.3, 0.4) is 0 Å². The second-order valence-electron chi connectivity index (χ2n) is 5.32. The van der Waals surface area contributed by atoms with Gasteiger partial charge in [-0.2, -0.15) is 10.4 Å². The molecule has 0 bridgehead atoms. The molecular formula is C19H13N5. The van der Waals surface area contributed by atoms with E-state index in [1.54, 1.807) is 6.07 Å². The van der Waals surface area contributed by atoms with E-state index in [1.165, 1.54) is 0 Å². The minimum Gasteiger partial charge on any atom is -0.338 e. The van der Waals surface area contributed by atoms with Crippen molar-refractivity contribution >= 4 is 22.4 Å².